The second-order valence-electron chi connectivity index (χ2n) is 5.08. The molecule has 94 valence electrons. The molecular formula is C15H18N2O. The molecule has 0 unspecified atom stereocenters. The van der Waals surface area contributed by atoms with Gasteiger partial charge in [0.25, 0.3) is 0 Å². The van der Waals surface area contributed by atoms with Gasteiger partial charge >= 0.3 is 0 Å². The van der Waals surface area contributed by atoms with Gasteiger partial charge in [-0.05, 0) is 24.0 Å². The van der Waals surface area contributed by atoms with E-state index in [0.717, 1.165) is 38.2 Å². The average Bonchev–Trinajstić information content (AvgIpc) is 2.39. The van der Waals surface area contributed by atoms with E-state index in [1.807, 2.05) is 6.07 Å². The fraction of sp³-hybridized carbons (Fsp3) is 0.400. The van der Waals surface area contributed by atoms with Gasteiger partial charge in [0.2, 0.25) is 5.91 Å². The van der Waals surface area contributed by atoms with Gasteiger partial charge in [0, 0.05) is 31.8 Å². The molecular weight excluding hydrogens is 224 g/mol. The highest BCUT2D eigenvalue weighted by atomic mass is 16.1. The first-order valence-corrected chi connectivity index (χ1v) is 6.58. The Morgan fingerprint density at radius 1 is 1.11 bits per heavy atom. The van der Waals surface area contributed by atoms with Crippen LogP contribution < -0.4 is 5.32 Å². The van der Waals surface area contributed by atoms with E-state index in [2.05, 4.69) is 34.5 Å². The molecule has 0 spiro atoms. The Morgan fingerprint density at radius 2 is 1.94 bits per heavy atom. The number of nitrogens with one attached hydrogen (secondary N) is 1. The molecule has 0 fully saturated rings. The fourth-order valence-electron chi connectivity index (χ4n) is 2.73. The quantitative estimate of drug-likeness (QED) is 0.861. The van der Waals surface area contributed by atoms with Gasteiger partial charge < -0.3 is 5.32 Å². The Balaban J connectivity index is 1.68. The molecule has 0 aromatic heterocycles. The molecule has 1 N–H and O–H groups in total. The molecule has 0 saturated carbocycles. The molecule has 2 heterocycles. The third-order valence-corrected chi connectivity index (χ3v) is 3.73. The van der Waals surface area contributed by atoms with Crippen LogP contribution >= 0.6 is 0 Å². The molecule has 3 rings (SSSR count). The summed E-state index contributed by atoms with van der Waals surface area (Å²) in [5.74, 6) is 0.176. The van der Waals surface area contributed by atoms with Crippen molar-refractivity contribution in [3.8, 4) is 0 Å². The molecule has 1 aromatic rings. The highest BCUT2D eigenvalue weighted by Crippen LogP contribution is 2.24. The third kappa shape index (κ3) is 2.46. The van der Waals surface area contributed by atoms with E-state index in [-0.39, 0.29) is 5.91 Å². The molecule has 2 aliphatic heterocycles. The van der Waals surface area contributed by atoms with Crippen LogP contribution in [0.4, 0.5) is 0 Å². The normalized spacial score (nSPS) is 20.6. The van der Waals surface area contributed by atoms with Crippen LogP contribution in [0.1, 0.15) is 24.8 Å². The average molecular weight is 242 g/mol. The monoisotopic (exact) mass is 242 g/mol. The van der Waals surface area contributed by atoms with Crippen molar-refractivity contribution in [1.82, 2.24) is 10.2 Å². The van der Waals surface area contributed by atoms with Crippen molar-refractivity contribution in [1.29, 1.82) is 0 Å². The molecule has 0 atom stereocenters. The SMILES string of the molecule is O=C1CCC2=C(CN(Cc3ccccc3)CC2)N1. The molecule has 3 heteroatoms. The predicted octanol–water partition coefficient (Wildman–Crippen LogP) is 2.06. The van der Waals surface area contributed by atoms with Crippen LogP contribution in [0.15, 0.2) is 41.6 Å². The Kier molecular flexibility index (Phi) is 3.15. The van der Waals surface area contributed by atoms with Gasteiger partial charge in [-0.25, -0.2) is 0 Å². The van der Waals surface area contributed by atoms with E-state index in [1.54, 1.807) is 0 Å². The number of benzene rings is 1. The lowest BCUT2D eigenvalue weighted by Gasteiger charge is -2.33. The van der Waals surface area contributed by atoms with Crippen molar-refractivity contribution in [2.75, 3.05) is 13.1 Å². The van der Waals surface area contributed by atoms with E-state index >= 15 is 0 Å². The lowest BCUT2D eigenvalue weighted by Crippen LogP contribution is -2.40. The maximum atomic E-state index is 11.4. The number of carbonyl (C=O) groups is 1. The summed E-state index contributed by atoms with van der Waals surface area (Å²) in [6, 6.07) is 10.5. The number of carbonyl (C=O) groups excluding carboxylic acids is 1. The fourth-order valence-corrected chi connectivity index (χ4v) is 2.73. The van der Waals surface area contributed by atoms with Crippen molar-refractivity contribution in [2.24, 2.45) is 0 Å². The highest BCUT2D eigenvalue weighted by molar-refractivity contribution is 5.79. The first-order valence-electron chi connectivity index (χ1n) is 6.58. The first-order chi connectivity index (χ1) is 8.81. The smallest absolute Gasteiger partial charge is 0.224 e. The summed E-state index contributed by atoms with van der Waals surface area (Å²) in [5.41, 5.74) is 3.95. The van der Waals surface area contributed by atoms with E-state index in [1.165, 1.54) is 11.1 Å². The zero-order valence-corrected chi connectivity index (χ0v) is 10.5. The Labute approximate surface area is 107 Å². The summed E-state index contributed by atoms with van der Waals surface area (Å²) in [4.78, 5) is 13.8. The van der Waals surface area contributed by atoms with Crippen LogP contribution in [0.2, 0.25) is 0 Å². The summed E-state index contributed by atoms with van der Waals surface area (Å²) in [6.45, 7) is 2.95. The Hall–Kier alpha value is -1.61. The maximum Gasteiger partial charge on any atom is 0.224 e. The number of hydrogen-bond acceptors (Lipinski definition) is 2. The maximum absolute atomic E-state index is 11.4. The standard InChI is InChI=1S/C15H18N2O/c18-15-7-6-13-8-9-17(11-14(13)16-15)10-12-4-2-1-3-5-12/h1-5H,6-11H2,(H,16,18). The molecule has 0 aliphatic carbocycles. The van der Waals surface area contributed by atoms with Crippen LogP contribution in [0.5, 0.6) is 0 Å². The summed E-state index contributed by atoms with van der Waals surface area (Å²) in [5, 5.41) is 3.03. The summed E-state index contributed by atoms with van der Waals surface area (Å²) in [7, 11) is 0. The van der Waals surface area contributed by atoms with Crippen LogP contribution in [0.25, 0.3) is 0 Å². The summed E-state index contributed by atoms with van der Waals surface area (Å²) >= 11 is 0. The van der Waals surface area contributed by atoms with Gasteiger partial charge in [0.05, 0.1) is 0 Å². The molecule has 18 heavy (non-hydrogen) atoms. The summed E-state index contributed by atoms with van der Waals surface area (Å²) in [6.07, 6.45) is 2.72. The Morgan fingerprint density at radius 3 is 2.78 bits per heavy atom. The summed E-state index contributed by atoms with van der Waals surface area (Å²) < 4.78 is 0. The van der Waals surface area contributed by atoms with E-state index in [0.29, 0.717) is 6.42 Å². The predicted molar refractivity (Wildman–Crippen MR) is 70.7 cm³/mol. The van der Waals surface area contributed by atoms with E-state index < -0.39 is 0 Å². The van der Waals surface area contributed by atoms with Crippen LogP contribution in [-0.2, 0) is 11.3 Å². The van der Waals surface area contributed by atoms with Crippen molar-refractivity contribution in [2.45, 2.75) is 25.8 Å². The number of amides is 1. The zero-order valence-electron chi connectivity index (χ0n) is 10.5. The zero-order chi connectivity index (χ0) is 12.4. The van der Waals surface area contributed by atoms with Crippen molar-refractivity contribution in [3.63, 3.8) is 0 Å². The van der Waals surface area contributed by atoms with Crippen LogP contribution in [-0.4, -0.2) is 23.9 Å². The van der Waals surface area contributed by atoms with Gasteiger partial charge in [0.15, 0.2) is 0 Å². The van der Waals surface area contributed by atoms with Gasteiger partial charge in [-0.2, -0.15) is 0 Å². The van der Waals surface area contributed by atoms with Gasteiger partial charge in [-0.3, -0.25) is 9.69 Å². The van der Waals surface area contributed by atoms with Crippen LogP contribution in [0.3, 0.4) is 0 Å². The topological polar surface area (TPSA) is 32.3 Å². The molecule has 0 radical (unpaired) electrons. The van der Waals surface area contributed by atoms with Gasteiger partial charge in [0.1, 0.15) is 0 Å². The van der Waals surface area contributed by atoms with Gasteiger partial charge in [-0.15, -0.1) is 0 Å². The van der Waals surface area contributed by atoms with Crippen molar-refractivity contribution >= 4 is 5.91 Å². The van der Waals surface area contributed by atoms with E-state index in [9.17, 15) is 4.79 Å². The molecule has 2 aliphatic rings. The van der Waals surface area contributed by atoms with E-state index in [4.69, 9.17) is 0 Å². The largest absolute Gasteiger partial charge is 0.329 e. The minimum absolute atomic E-state index is 0.176. The molecule has 3 nitrogen and oxygen atoms in total. The minimum Gasteiger partial charge on any atom is -0.329 e. The number of rotatable bonds is 2. The molecule has 1 amide bonds. The van der Waals surface area contributed by atoms with Crippen LogP contribution in [0, 0.1) is 0 Å². The number of hydrogen-bond donors (Lipinski definition) is 1. The van der Waals surface area contributed by atoms with Crippen molar-refractivity contribution in [3.05, 3.63) is 47.2 Å². The Bertz CT molecular complexity index is 479. The molecule has 1 aromatic carbocycles. The lowest BCUT2D eigenvalue weighted by molar-refractivity contribution is -0.121. The first kappa shape index (κ1) is 11.5. The third-order valence-electron chi connectivity index (χ3n) is 3.73. The second kappa shape index (κ2) is 4.94. The molecule has 0 saturated heterocycles. The molecule has 0 bridgehead atoms. The number of nitrogens with zero attached hydrogens (tertiary/aromatic N) is 1. The van der Waals surface area contributed by atoms with Crippen molar-refractivity contribution < 1.29 is 4.79 Å². The van der Waals surface area contributed by atoms with Gasteiger partial charge in [-0.1, -0.05) is 30.3 Å². The lowest BCUT2D eigenvalue weighted by atomic mass is 9.96. The minimum atomic E-state index is 0.176. The highest BCUT2D eigenvalue weighted by Gasteiger charge is 2.23. The second-order valence-corrected chi connectivity index (χ2v) is 5.08.